The number of aliphatic hydroxyl groups is 1. The van der Waals surface area contributed by atoms with Crippen LogP contribution in [0.25, 0.3) is 0 Å². The maximum Gasteiger partial charge on any atom is 0.191 e. The molecular weight excluding hydrogens is 314 g/mol. The highest BCUT2D eigenvalue weighted by molar-refractivity contribution is 5.79. The van der Waals surface area contributed by atoms with Crippen molar-refractivity contribution in [1.29, 1.82) is 0 Å². The zero-order chi connectivity index (χ0) is 18.4. The Kier molecular flexibility index (Phi) is 11.9. The molecule has 0 aromatic carbocycles. The van der Waals surface area contributed by atoms with Gasteiger partial charge in [0.1, 0.15) is 0 Å². The number of hydrogen-bond acceptors (Lipinski definition) is 3. The number of hydrogen-bond donors (Lipinski definition) is 3. The summed E-state index contributed by atoms with van der Waals surface area (Å²) < 4.78 is 5.98. The standard InChI is InChI=1S/C20H41N3O2/c1-4-20(5-2,13-15-24)17-23-19(21-6-3)22-14-10-16-25-18-11-8-7-9-12-18/h18,24H,4-17H2,1-3H3,(H2,21,22,23). The molecule has 148 valence electrons. The highest BCUT2D eigenvalue weighted by Gasteiger charge is 2.25. The Morgan fingerprint density at radius 3 is 2.44 bits per heavy atom. The molecule has 0 radical (unpaired) electrons. The third-order valence-corrected chi connectivity index (χ3v) is 5.58. The van der Waals surface area contributed by atoms with Crippen molar-refractivity contribution in [2.45, 2.75) is 84.7 Å². The van der Waals surface area contributed by atoms with E-state index in [2.05, 4.69) is 31.4 Å². The van der Waals surface area contributed by atoms with E-state index in [1.54, 1.807) is 0 Å². The summed E-state index contributed by atoms with van der Waals surface area (Å²) in [5.74, 6) is 0.879. The van der Waals surface area contributed by atoms with E-state index in [-0.39, 0.29) is 12.0 Å². The van der Waals surface area contributed by atoms with Crippen molar-refractivity contribution >= 4 is 5.96 Å². The summed E-state index contributed by atoms with van der Waals surface area (Å²) in [4.78, 5) is 4.78. The van der Waals surface area contributed by atoms with Gasteiger partial charge >= 0.3 is 0 Å². The third-order valence-electron chi connectivity index (χ3n) is 5.58. The van der Waals surface area contributed by atoms with Crippen molar-refractivity contribution in [3.8, 4) is 0 Å². The lowest BCUT2D eigenvalue weighted by atomic mass is 9.79. The number of ether oxygens (including phenoxy) is 1. The molecule has 0 unspecified atom stereocenters. The summed E-state index contributed by atoms with van der Waals surface area (Å²) in [6.45, 7) is 10.0. The van der Waals surface area contributed by atoms with E-state index in [4.69, 9.17) is 9.73 Å². The van der Waals surface area contributed by atoms with Crippen LogP contribution in [0.4, 0.5) is 0 Å². The summed E-state index contributed by atoms with van der Waals surface area (Å²) in [6.07, 6.45) is 10.9. The van der Waals surface area contributed by atoms with Crippen LogP contribution >= 0.6 is 0 Å². The van der Waals surface area contributed by atoms with Crippen LogP contribution in [0.15, 0.2) is 4.99 Å². The van der Waals surface area contributed by atoms with Crippen LogP contribution in [-0.2, 0) is 4.74 Å². The second-order valence-corrected chi connectivity index (χ2v) is 7.29. The first kappa shape index (κ1) is 22.2. The molecule has 1 saturated carbocycles. The number of aliphatic hydroxyl groups excluding tert-OH is 1. The molecule has 1 fully saturated rings. The Morgan fingerprint density at radius 2 is 1.84 bits per heavy atom. The fourth-order valence-corrected chi connectivity index (χ4v) is 3.49. The van der Waals surface area contributed by atoms with E-state index in [9.17, 15) is 5.11 Å². The Bertz CT molecular complexity index is 351. The van der Waals surface area contributed by atoms with Gasteiger partial charge in [-0.25, -0.2) is 0 Å². The van der Waals surface area contributed by atoms with Gasteiger partial charge in [-0.2, -0.15) is 0 Å². The molecule has 5 heteroatoms. The lowest BCUT2D eigenvalue weighted by molar-refractivity contribution is 0.0277. The minimum Gasteiger partial charge on any atom is -0.396 e. The van der Waals surface area contributed by atoms with Gasteiger partial charge < -0.3 is 20.5 Å². The molecule has 0 aromatic heterocycles. The summed E-state index contributed by atoms with van der Waals surface area (Å²) in [7, 11) is 0. The molecule has 1 aliphatic rings. The van der Waals surface area contributed by atoms with E-state index in [1.807, 2.05) is 0 Å². The highest BCUT2D eigenvalue weighted by Crippen LogP contribution is 2.30. The summed E-state index contributed by atoms with van der Waals surface area (Å²) in [5.41, 5.74) is 0.112. The van der Waals surface area contributed by atoms with Gasteiger partial charge in [-0.15, -0.1) is 0 Å². The van der Waals surface area contributed by atoms with Crippen molar-refractivity contribution < 1.29 is 9.84 Å². The maximum absolute atomic E-state index is 9.35. The fourth-order valence-electron chi connectivity index (χ4n) is 3.49. The van der Waals surface area contributed by atoms with Crippen molar-refractivity contribution in [1.82, 2.24) is 10.6 Å². The van der Waals surface area contributed by atoms with E-state index >= 15 is 0 Å². The molecule has 1 aliphatic carbocycles. The molecule has 25 heavy (non-hydrogen) atoms. The van der Waals surface area contributed by atoms with E-state index in [1.165, 1.54) is 32.1 Å². The number of nitrogens with zero attached hydrogens (tertiary/aromatic N) is 1. The van der Waals surface area contributed by atoms with Crippen LogP contribution in [0.1, 0.15) is 78.6 Å². The molecule has 0 bridgehead atoms. The predicted molar refractivity (Wildman–Crippen MR) is 106 cm³/mol. The average molecular weight is 356 g/mol. The van der Waals surface area contributed by atoms with Crippen LogP contribution in [-0.4, -0.2) is 50.0 Å². The second kappa shape index (κ2) is 13.4. The van der Waals surface area contributed by atoms with Gasteiger partial charge in [0, 0.05) is 32.8 Å². The highest BCUT2D eigenvalue weighted by atomic mass is 16.5. The first-order valence-corrected chi connectivity index (χ1v) is 10.4. The molecular formula is C20H41N3O2. The molecule has 0 saturated heterocycles. The van der Waals surface area contributed by atoms with Crippen LogP contribution in [0.2, 0.25) is 0 Å². The lowest BCUT2D eigenvalue weighted by Crippen LogP contribution is -2.39. The second-order valence-electron chi connectivity index (χ2n) is 7.29. The Balaban J connectivity index is 2.33. The SMILES string of the molecule is CCNC(=NCC(CC)(CC)CCO)NCCCOC1CCCCC1. The molecule has 1 rings (SSSR count). The van der Waals surface area contributed by atoms with Crippen molar-refractivity contribution in [3.63, 3.8) is 0 Å². The van der Waals surface area contributed by atoms with Gasteiger partial charge in [0.15, 0.2) is 5.96 Å². The molecule has 5 nitrogen and oxygen atoms in total. The summed E-state index contributed by atoms with van der Waals surface area (Å²) in [5, 5.41) is 16.1. The number of guanidine groups is 1. The molecule has 0 spiro atoms. The van der Waals surface area contributed by atoms with Gasteiger partial charge in [0.05, 0.1) is 6.10 Å². The third kappa shape index (κ3) is 8.91. The molecule has 0 atom stereocenters. The molecule has 0 aliphatic heterocycles. The molecule has 3 N–H and O–H groups in total. The Morgan fingerprint density at radius 1 is 1.12 bits per heavy atom. The van der Waals surface area contributed by atoms with Crippen molar-refractivity contribution in [2.24, 2.45) is 10.4 Å². The topological polar surface area (TPSA) is 65.9 Å². The number of nitrogens with one attached hydrogen (secondary N) is 2. The summed E-state index contributed by atoms with van der Waals surface area (Å²) >= 11 is 0. The Hall–Kier alpha value is -0.810. The van der Waals surface area contributed by atoms with Crippen molar-refractivity contribution in [2.75, 3.05) is 32.8 Å². The normalized spacial score (nSPS) is 16.9. The zero-order valence-electron chi connectivity index (χ0n) is 16.8. The first-order valence-electron chi connectivity index (χ1n) is 10.4. The largest absolute Gasteiger partial charge is 0.396 e. The molecule has 0 aromatic rings. The van der Waals surface area contributed by atoms with Crippen LogP contribution in [0.3, 0.4) is 0 Å². The van der Waals surface area contributed by atoms with Gasteiger partial charge in [0.25, 0.3) is 0 Å². The molecule has 0 heterocycles. The van der Waals surface area contributed by atoms with E-state index in [0.717, 1.165) is 57.9 Å². The maximum atomic E-state index is 9.35. The van der Waals surface area contributed by atoms with Crippen molar-refractivity contribution in [3.05, 3.63) is 0 Å². The van der Waals surface area contributed by atoms with E-state index in [0.29, 0.717) is 6.10 Å². The molecule has 0 amide bonds. The van der Waals surface area contributed by atoms with Crippen LogP contribution in [0.5, 0.6) is 0 Å². The van der Waals surface area contributed by atoms with Gasteiger partial charge in [-0.1, -0.05) is 33.1 Å². The predicted octanol–water partition coefficient (Wildman–Crippen LogP) is 3.47. The average Bonchev–Trinajstić information content (AvgIpc) is 2.65. The number of rotatable bonds is 12. The van der Waals surface area contributed by atoms with Gasteiger partial charge in [-0.05, 0) is 50.9 Å². The van der Waals surface area contributed by atoms with E-state index < -0.39 is 0 Å². The monoisotopic (exact) mass is 355 g/mol. The number of aliphatic imine (C=N–C) groups is 1. The first-order chi connectivity index (χ1) is 12.2. The van der Waals surface area contributed by atoms with Crippen LogP contribution in [0, 0.1) is 5.41 Å². The van der Waals surface area contributed by atoms with Crippen LogP contribution < -0.4 is 10.6 Å². The minimum atomic E-state index is 0.112. The van der Waals surface area contributed by atoms with Gasteiger partial charge in [0.2, 0.25) is 0 Å². The van der Waals surface area contributed by atoms with Gasteiger partial charge in [-0.3, -0.25) is 4.99 Å². The lowest BCUT2D eigenvalue weighted by Gasteiger charge is -2.29. The smallest absolute Gasteiger partial charge is 0.191 e. The zero-order valence-corrected chi connectivity index (χ0v) is 16.8. The minimum absolute atomic E-state index is 0.112. The Labute approximate surface area is 155 Å². The summed E-state index contributed by atoms with van der Waals surface area (Å²) in [6, 6.07) is 0. The quantitative estimate of drug-likeness (QED) is 0.285. The fraction of sp³-hybridized carbons (Fsp3) is 0.950.